The third-order valence-electron chi connectivity index (χ3n) is 2.91. The molecular weight excluding hydrogens is 248 g/mol. The van der Waals surface area contributed by atoms with Gasteiger partial charge in [-0.15, -0.1) is 0 Å². The fourth-order valence-corrected chi connectivity index (χ4v) is 1.95. The lowest BCUT2D eigenvalue weighted by Crippen LogP contribution is -2.54. The van der Waals surface area contributed by atoms with Crippen molar-refractivity contribution in [3.63, 3.8) is 0 Å². The molecule has 1 aromatic heterocycles. The number of anilines is 1. The highest BCUT2D eigenvalue weighted by molar-refractivity contribution is 6.16. The third kappa shape index (κ3) is 2.54. The van der Waals surface area contributed by atoms with E-state index in [-0.39, 0.29) is 25.4 Å². The van der Waals surface area contributed by atoms with Gasteiger partial charge in [-0.2, -0.15) is 0 Å². The molecule has 0 bridgehead atoms. The average molecular weight is 262 g/mol. The van der Waals surface area contributed by atoms with Gasteiger partial charge in [0.05, 0.1) is 11.9 Å². The number of imide groups is 1. The minimum Gasteiger partial charge on any atom is -0.368 e. The average Bonchev–Trinajstić information content (AvgIpc) is 2.35. The Morgan fingerprint density at radius 2 is 2.21 bits per heavy atom. The van der Waals surface area contributed by atoms with E-state index < -0.39 is 11.9 Å². The van der Waals surface area contributed by atoms with Crippen LogP contribution in [-0.2, 0) is 9.59 Å². The van der Waals surface area contributed by atoms with Crippen LogP contribution in [0.25, 0.3) is 0 Å². The van der Waals surface area contributed by atoms with Crippen LogP contribution in [0.1, 0.15) is 12.0 Å². The van der Waals surface area contributed by atoms with Crippen LogP contribution in [0.3, 0.4) is 0 Å². The van der Waals surface area contributed by atoms with E-state index in [0.717, 1.165) is 10.5 Å². The maximum absolute atomic E-state index is 12.2. The molecule has 1 fully saturated rings. The second kappa shape index (κ2) is 5.05. The molecule has 0 radical (unpaired) electrons. The molecule has 0 saturated carbocycles. The maximum atomic E-state index is 12.2. The van der Waals surface area contributed by atoms with Crippen LogP contribution in [-0.4, -0.2) is 40.8 Å². The number of primary amides is 1. The molecule has 100 valence electrons. The van der Waals surface area contributed by atoms with Crippen LogP contribution >= 0.6 is 0 Å². The molecule has 2 N–H and O–H groups in total. The third-order valence-corrected chi connectivity index (χ3v) is 2.91. The van der Waals surface area contributed by atoms with Gasteiger partial charge < -0.3 is 10.6 Å². The summed E-state index contributed by atoms with van der Waals surface area (Å²) in [4.78, 5) is 41.3. The predicted molar refractivity (Wildman–Crippen MR) is 67.2 cm³/mol. The molecule has 1 aliphatic heterocycles. The van der Waals surface area contributed by atoms with Crippen molar-refractivity contribution in [1.29, 1.82) is 0 Å². The van der Waals surface area contributed by atoms with E-state index in [4.69, 9.17) is 5.73 Å². The number of hydrogen-bond acceptors (Lipinski definition) is 4. The Labute approximate surface area is 110 Å². The number of urea groups is 1. The molecule has 0 atom stereocenters. The molecule has 1 saturated heterocycles. The molecule has 1 aliphatic rings. The molecular formula is C12H14N4O3. The van der Waals surface area contributed by atoms with E-state index in [1.807, 2.05) is 0 Å². The Hall–Kier alpha value is -2.44. The summed E-state index contributed by atoms with van der Waals surface area (Å²) in [5.74, 6) is -0.910. The van der Waals surface area contributed by atoms with Crippen LogP contribution in [0.15, 0.2) is 18.5 Å². The van der Waals surface area contributed by atoms with Crippen molar-refractivity contribution >= 4 is 23.5 Å². The second-order valence-electron chi connectivity index (χ2n) is 4.31. The van der Waals surface area contributed by atoms with E-state index in [0.29, 0.717) is 5.69 Å². The van der Waals surface area contributed by atoms with Crippen LogP contribution in [0.2, 0.25) is 0 Å². The first-order valence-corrected chi connectivity index (χ1v) is 5.81. The largest absolute Gasteiger partial charge is 0.368 e. The maximum Gasteiger partial charge on any atom is 0.331 e. The Balaban J connectivity index is 2.32. The van der Waals surface area contributed by atoms with Gasteiger partial charge in [-0.25, -0.2) is 9.69 Å². The highest BCUT2D eigenvalue weighted by atomic mass is 16.2. The number of amides is 4. The Bertz CT molecular complexity index is 544. The van der Waals surface area contributed by atoms with Crippen molar-refractivity contribution in [1.82, 2.24) is 9.88 Å². The summed E-state index contributed by atoms with van der Waals surface area (Å²) in [5, 5.41) is 0. The van der Waals surface area contributed by atoms with Gasteiger partial charge in [0.1, 0.15) is 6.54 Å². The summed E-state index contributed by atoms with van der Waals surface area (Å²) in [6.45, 7) is 1.79. The molecule has 4 amide bonds. The smallest absolute Gasteiger partial charge is 0.331 e. The van der Waals surface area contributed by atoms with E-state index in [2.05, 4.69) is 4.98 Å². The molecule has 7 heteroatoms. The summed E-state index contributed by atoms with van der Waals surface area (Å²) in [5.41, 5.74) is 6.28. The Kier molecular flexibility index (Phi) is 3.46. The molecule has 2 rings (SSSR count). The number of hydrogen-bond donors (Lipinski definition) is 1. The first kappa shape index (κ1) is 13.0. The van der Waals surface area contributed by atoms with Crippen molar-refractivity contribution in [3.8, 4) is 0 Å². The van der Waals surface area contributed by atoms with Gasteiger partial charge in [0.15, 0.2) is 0 Å². The SMILES string of the molecule is Cc1ccncc1N1C(=O)CCN(CC(N)=O)C1=O. The summed E-state index contributed by atoms with van der Waals surface area (Å²) in [6, 6.07) is 1.18. The number of carbonyl (C=O) groups excluding carboxylic acids is 3. The summed E-state index contributed by atoms with van der Waals surface area (Å²) < 4.78 is 0. The van der Waals surface area contributed by atoms with Gasteiger partial charge in [0, 0.05) is 19.2 Å². The summed E-state index contributed by atoms with van der Waals surface area (Å²) in [6.07, 6.45) is 3.20. The van der Waals surface area contributed by atoms with E-state index in [1.54, 1.807) is 19.2 Å². The molecule has 2 heterocycles. The van der Waals surface area contributed by atoms with E-state index in [1.165, 1.54) is 11.1 Å². The zero-order valence-corrected chi connectivity index (χ0v) is 10.5. The molecule has 0 aromatic carbocycles. The zero-order valence-electron chi connectivity index (χ0n) is 10.5. The van der Waals surface area contributed by atoms with Crippen molar-refractivity contribution in [2.45, 2.75) is 13.3 Å². The standard InChI is InChI=1S/C12H14N4O3/c1-8-2-4-14-6-9(8)16-11(18)3-5-15(12(16)19)7-10(13)17/h2,4,6H,3,5,7H2,1H3,(H2,13,17). The number of aryl methyl sites for hydroxylation is 1. The minimum absolute atomic E-state index is 0.160. The fraction of sp³-hybridized carbons (Fsp3) is 0.333. The van der Waals surface area contributed by atoms with Crippen molar-refractivity contribution in [2.24, 2.45) is 5.73 Å². The Morgan fingerprint density at radius 1 is 1.47 bits per heavy atom. The van der Waals surface area contributed by atoms with Crippen LogP contribution in [0.4, 0.5) is 10.5 Å². The van der Waals surface area contributed by atoms with Gasteiger partial charge in [-0.3, -0.25) is 14.6 Å². The minimum atomic E-state index is -0.606. The predicted octanol–water partition coefficient (Wildman–Crippen LogP) is 0.0340. The number of rotatable bonds is 3. The molecule has 7 nitrogen and oxygen atoms in total. The van der Waals surface area contributed by atoms with Crippen molar-refractivity contribution in [3.05, 3.63) is 24.0 Å². The Morgan fingerprint density at radius 3 is 2.84 bits per heavy atom. The number of carbonyl (C=O) groups is 3. The van der Waals surface area contributed by atoms with Crippen molar-refractivity contribution < 1.29 is 14.4 Å². The van der Waals surface area contributed by atoms with E-state index in [9.17, 15) is 14.4 Å². The van der Waals surface area contributed by atoms with Crippen LogP contribution in [0.5, 0.6) is 0 Å². The molecule has 0 spiro atoms. The highest BCUT2D eigenvalue weighted by Gasteiger charge is 2.34. The number of nitrogens with two attached hydrogens (primary N) is 1. The lowest BCUT2D eigenvalue weighted by molar-refractivity contribution is -0.122. The first-order valence-electron chi connectivity index (χ1n) is 5.81. The normalized spacial score (nSPS) is 15.8. The zero-order chi connectivity index (χ0) is 14.0. The quantitative estimate of drug-likeness (QED) is 0.831. The van der Waals surface area contributed by atoms with Gasteiger partial charge >= 0.3 is 6.03 Å². The van der Waals surface area contributed by atoms with Gasteiger partial charge in [0.2, 0.25) is 11.8 Å². The van der Waals surface area contributed by atoms with Gasteiger partial charge in [0.25, 0.3) is 0 Å². The summed E-state index contributed by atoms with van der Waals surface area (Å²) in [7, 11) is 0. The van der Waals surface area contributed by atoms with E-state index >= 15 is 0 Å². The lowest BCUT2D eigenvalue weighted by atomic mass is 10.2. The lowest BCUT2D eigenvalue weighted by Gasteiger charge is -2.33. The monoisotopic (exact) mass is 262 g/mol. The molecule has 0 unspecified atom stereocenters. The second-order valence-corrected chi connectivity index (χ2v) is 4.31. The molecule has 0 aliphatic carbocycles. The van der Waals surface area contributed by atoms with Crippen molar-refractivity contribution in [2.75, 3.05) is 18.0 Å². The number of pyridine rings is 1. The van der Waals surface area contributed by atoms with Gasteiger partial charge in [-0.05, 0) is 18.6 Å². The molecule has 1 aromatic rings. The summed E-state index contributed by atoms with van der Waals surface area (Å²) >= 11 is 0. The topological polar surface area (TPSA) is 96.6 Å². The van der Waals surface area contributed by atoms with Gasteiger partial charge in [-0.1, -0.05) is 0 Å². The number of nitrogens with zero attached hydrogens (tertiary/aromatic N) is 3. The van der Waals surface area contributed by atoms with Crippen LogP contribution < -0.4 is 10.6 Å². The highest BCUT2D eigenvalue weighted by Crippen LogP contribution is 2.23. The number of aromatic nitrogens is 1. The van der Waals surface area contributed by atoms with Crippen LogP contribution in [0, 0.1) is 6.92 Å². The molecule has 19 heavy (non-hydrogen) atoms. The fourth-order valence-electron chi connectivity index (χ4n) is 1.95. The first-order chi connectivity index (χ1) is 9.00.